The Morgan fingerprint density at radius 3 is 3.00 bits per heavy atom. The summed E-state index contributed by atoms with van der Waals surface area (Å²) in [4.78, 5) is 1.39. The third-order valence-corrected chi connectivity index (χ3v) is 3.36. The van der Waals surface area contributed by atoms with Gasteiger partial charge in [0.25, 0.3) is 0 Å². The van der Waals surface area contributed by atoms with E-state index in [1.807, 2.05) is 0 Å². The van der Waals surface area contributed by atoms with E-state index in [0.717, 1.165) is 19.8 Å². The van der Waals surface area contributed by atoms with Crippen molar-refractivity contribution in [1.82, 2.24) is 5.32 Å². The van der Waals surface area contributed by atoms with Crippen LogP contribution >= 0.6 is 11.3 Å². The first-order valence-electron chi connectivity index (χ1n) is 5.69. The number of ether oxygens (including phenoxy) is 1. The van der Waals surface area contributed by atoms with Crippen LogP contribution in [0.25, 0.3) is 0 Å². The van der Waals surface area contributed by atoms with Crippen LogP contribution < -0.4 is 5.32 Å². The summed E-state index contributed by atoms with van der Waals surface area (Å²) < 4.78 is 5.48. The molecule has 1 atom stereocenters. The third-order valence-electron chi connectivity index (χ3n) is 2.31. The second-order valence-corrected chi connectivity index (χ2v) is 4.64. The van der Waals surface area contributed by atoms with Crippen molar-refractivity contribution in [3.8, 4) is 0 Å². The van der Waals surface area contributed by atoms with E-state index in [0.29, 0.717) is 6.04 Å². The van der Waals surface area contributed by atoms with E-state index < -0.39 is 0 Å². The maximum absolute atomic E-state index is 5.48. The number of rotatable bonds is 8. The smallest absolute Gasteiger partial charge is 0.0591 e. The zero-order chi connectivity index (χ0) is 10.9. The SMILES string of the molecule is CCCCOCCN[C@@H](C)c1cccs1. The lowest BCUT2D eigenvalue weighted by Crippen LogP contribution is -2.22. The minimum Gasteiger partial charge on any atom is -0.380 e. The summed E-state index contributed by atoms with van der Waals surface area (Å²) in [6.07, 6.45) is 2.37. The van der Waals surface area contributed by atoms with Gasteiger partial charge in [-0.05, 0) is 24.8 Å². The van der Waals surface area contributed by atoms with Gasteiger partial charge < -0.3 is 10.1 Å². The highest BCUT2D eigenvalue weighted by Crippen LogP contribution is 2.17. The standard InChI is InChI=1S/C12H21NOS/c1-3-4-8-14-9-7-13-11(2)12-6-5-10-15-12/h5-6,10-11,13H,3-4,7-9H2,1-2H3/t11-/m0/s1. The molecule has 0 aromatic carbocycles. The summed E-state index contributed by atoms with van der Waals surface area (Å²) in [5, 5.41) is 5.56. The molecule has 0 saturated carbocycles. The number of thiophene rings is 1. The van der Waals surface area contributed by atoms with Crippen LogP contribution in [-0.2, 0) is 4.74 Å². The first-order chi connectivity index (χ1) is 7.34. The fourth-order valence-corrected chi connectivity index (χ4v) is 2.09. The molecule has 86 valence electrons. The number of hydrogen-bond donors (Lipinski definition) is 1. The van der Waals surface area contributed by atoms with Crippen LogP contribution in [0.2, 0.25) is 0 Å². The van der Waals surface area contributed by atoms with Crippen LogP contribution in [-0.4, -0.2) is 19.8 Å². The number of hydrogen-bond acceptors (Lipinski definition) is 3. The van der Waals surface area contributed by atoms with Crippen molar-refractivity contribution >= 4 is 11.3 Å². The van der Waals surface area contributed by atoms with Gasteiger partial charge in [0.15, 0.2) is 0 Å². The van der Waals surface area contributed by atoms with Crippen molar-refractivity contribution in [2.45, 2.75) is 32.7 Å². The van der Waals surface area contributed by atoms with Crippen LogP contribution in [0.4, 0.5) is 0 Å². The zero-order valence-corrected chi connectivity index (χ0v) is 10.5. The van der Waals surface area contributed by atoms with Crippen molar-refractivity contribution in [1.29, 1.82) is 0 Å². The van der Waals surface area contributed by atoms with E-state index in [2.05, 4.69) is 36.7 Å². The van der Waals surface area contributed by atoms with Gasteiger partial charge in [-0.25, -0.2) is 0 Å². The molecule has 0 amide bonds. The Morgan fingerprint density at radius 1 is 1.47 bits per heavy atom. The molecule has 2 nitrogen and oxygen atoms in total. The Hall–Kier alpha value is -0.380. The van der Waals surface area contributed by atoms with Gasteiger partial charge in [0.2, 0.25) is 0 Å². The molecule has 15 heavy (non-hydrogen) atoms. The Labute approximate surface area is 96.7 Å². The fourth-order valence-electron chi connectivity index (χ4n) is 1.33. The summed E-state index contributed by atoms with van der Waals surface area (Å²) >= 11 is 1.80. The lowest BCUT2D eigenvalue weighted by atomic mass is 10.3. The molecule has 0 bridgehead atoms. The average Bonchev–Trinajstić information content (AvgIpc) is 2.76. The van der Waals surface area contributed by atoms with Gasteiger partial charge in [-0.3, -0.25) is 0 Å². The highest BCUT2D eigenvalue weighted by molar-refractivity contribution is 7.10. The lowest BCUT2D eigenvalue weighted by Gasteiger charge is -2.11. The molecule has 1 rings (SSSR count). The van der Waals surface area contributed by atoms with Crippen LogP contribution in [0.1, 0.15) is 37.6 Å². The maximum Gasteiger partial charge on any atom is 0.0591 e. The fraction of sp³-hybridized carbons (Fsp3) is 0.667. The summed E-state index contributed by atoms with van der Waals surface area (Å²) in [5.41, 5.74) is 0. The van der Waals surface area contributed by atoms with Crippen LogP contribution in [0.5, 0.6) is 0 Å². The number of unbranched alkanes of at least 4 members (excludes halogenated alkanes) is 1. The second-order valence-electron chi connectivity index (χ2n) is 3.66. The van der Waals surface area contributed by atoms with E-state index in [9.17, 15) is 0 Å². The predicted molar refractivity (Wildman–Crippen MR) is 66.5 cm³/mol. The highest BCUT2D eigenvalue weighted by Gasteiger charge is 2.03. The Bertz CT molecular complexity index is 236. The number of nitrogens with one attached hydrogen (secondary N) is 1. The van der Waals surface area contributed by atoms with E-state index in [1.54, 1.807) is 11.3 Å². The van der Waals surface area contributed by atoms with Gasteiger partial charge in [-0.15, -0.1) is 11.3 Å². The largest absolute Gasteiger partial charge is 0.380 e. The second kappa shape index (κ2) is 7.85. The average molecular weight is 227 g/mol. The van der Waals surface area contributed by atoms with Gasteiger partial charge >= 0.3 is 0 Å². The summed E-state index contributed by atoms with van der Waals surface area (Å²) in [6.45, 7) is 7.02. The van der Waals surface area contributed by atoms with Crippen molar-refractivity contribution in [2.75, 3.05) is 19.8 Å². The molecule has 0 aliphatic heterocycles. The Kier molecular flexibility index (Phi) is 6.64. The molecule has 0 radical (unpaired) electrons. The molecule has 1 aromatic heterocycles. The van der Waals surface area contributed by atoms with Crippen molar-refractivity contribution in [3.63, 3.8) is 0 Å². The van der Waals surface area contributed by atoms with Gasteiger partial charge in [0, 0.05) is 24.1 Å². The summed E-state index contributed by atoms with van der Waals surface area (Å²) in [6, 6.07) is 4.70. The van der Waals surface area contributed by atoms with E-state index >= 15 is 0 Å². The monoisotopic (exact) mass is 227 g/mol. The van der Waals surface area contributed by atoms with Gasteiger partial charge in [-0.2, -0.15) is 0 Å². The van der Waals surface area contributed by atoms with Gasteiger partial charge in [0.1, 0.15) is 0 Å². The van der Waals surface area contributed by atoms with Gasteiger partial charge in [-0.1, -0.05) is 19.4 Å². The first-order valence-corrected chi connectivity index (χ1v) is 6.57. The minimum absolute atomic E-state index is 0.444. The van der Waals surface area contributed by atoms with Crippen LogP contribution in [0.3, 0.4) is 0 Å². The quantitative estimate of drug-likeness (QED) is 0.689. The van der Waals surface area contributed by atoms with E-state index in [4.69, 9.17) is 4.74 Å². The molecule has 0 spiro atoms. The molecular formula is C12H21NOS. The lowest BCUT2D eigenvalue weighted by molar-refractivity contribution is 0.131. The van der Waals surface area contributed by atoms with Crippen molar-refractivity contribution in [2.24, 2.45) is 0 Å². The molecule has 0 aliphatic carbocycles. The molecule has 0 saturated heterocycles. The zero-order valence-electron chi connectivity index (χ0n) is 9.66. The molecular weight excluding hydrogens is 206 g/mol. The topological polar surface area (TPSA) is 21.3 Å². The van der Waals surface area contributed by atoms with Gasteiger partial charge in [0.05, 0.1) is 6.61 Å². The molecule has 1 N–H and O–H groups in total. The molecule has 1 aromatic rings. The molecule has 0 unspecified atom stereocenters. The molecule has 0 aliphatic rings. The van der Waals surface area contributed by atoms with E-state index in [1.165, 1.54) is 17.7 Å². The molecule has 3 heteroatoms. The normalized spacial score (nSPS) is 12.9. The Morgan fingerprint density at radius 2 is 2.33 bits per heavy atom. The first kappa shape index (κ1) is 12.7. The molecule has 0 fully saturated rings. The van der Waals surface area contributed by atoms with Crippen LogP contribution in [0.15, 0.2) is 17.5 Å². The Balaban J connectivity index is 2.00. The molecule has 1 heterocycles. The van der Waals surface area contributed by atoms with Crippen molar-refractivity contribution < 1.29 is 4.74 Å². The third kappa shape index (κ3) is 5.30. The highest BCUT2D eigenvalue weighted by atomic mass is 32.1. The minimum atomic E-state index is 0.444. The maximum atomic E-state index is 5.48. The van der Waals surface area contributed by atoms with Crippen LogP contribution in [0, 0.1) is 0 Å². The predicted octanol–water partition coefficient (Wildman–Crippen LogP) is 3.22. The summed E-state index contributed by atoms with van der Waals surface area (Å²) in [5.74, 6) is 0. The summed E-state index contributed by atoms with van der Waals surface area (Å²) in [7, 11) is 0. The van der Waals surface area contributed by atoms with Crippen molar-refractivity contribution in [3.05, 3.63) is 22.4 Å². The van der Waals surface area contributed by atoms with E-state index in [-0.39, 0.29) is 0 Å².